The monoisotopic (exact) mass is 405 g/mol. The molecular weight excluding hydrogens is 393 g/mol. The highest BCUT2D eigenvalue weighted by molar-refractivity contribution is 7.98. The van der Waals surface area contributed by atoms with Crippen molar-refractivity contribution in [2.75, 3.05) is 18.8 Å². The molecule has 0 radical (unpaired) electrons. The number of methoxy groups -OCH3 is 1. The molecule has 1 aromatic heterocycles. The van der Waals surface area contributed by atoms with Crippen molar-refractivity contribution < 1.29 is 9.53 Å². The van der Waals surface area contributed by atoms with Crippen LogP contribution in [0.1, 0.15) is 16.2 Å². The fraction of sp³-hybridized carbons (Fsp3) is 0.231. The summed E-state index contributed by atoms with van der Waals surface area (Å²) in [6.07, 6.45) is 1.85. The zero-order valence-corrected chi connectivity index (χ0v) is 16.0. The van der Waals surface area contributed by atoms with Gasteiger partial charge in [0.15, 0.2) is 10.9 Å². The van der Waals surface area contributed by atoms with Crippen LogP contribution in [-0.2, 0) is 0 Å². The summed E-state index contributed by atoms with van der Waals surface area (Å²) < 4.78 is 6.62. The normalized spacial score (nSPS) is 10.4. The summed E-state index contributed by atoms with van der Waals surface area (Å²) in [6.45, 7) is 1.76. The number of thioether (sulfide) groups is 1. The average molecular weight is 406 g/mol. The van der Waals surface area contributed by atoms with Gasteiger partial charge in [-0.25, -0.2) is 4.68 Å². The highest BCUT2D eigenvalue weighted by Crippen LogP contribution is 2.33. The highest BCUT2D eigenvalue weighted by atomic mass is 35.5. The molecule has 0 aliphatic rings. The van der Waals surface area contributed by atoms with Gasteiger partial charge in [0, 0.05) is 5.56 Å². The molecule has 0 saturated carbocycles. The number of hydrogen-bond acceptors (Lipinski definition) is 6. The highest BCUT2D eigenvalue weighted by Gasteiger charge is 2.15. The first-order valence-corrected chi connectivity index (χ1v) is 8.87. The van der Waals surface area contributed by atoms with Crippen LogP contribution < -0.4 is 15.5 Å². The summed E-state index contributed by atoms with van der Waals surface area (Å²) in [4.78, 5) is 12.3. The summed E-state index contributed by atoms with van der Waals surface area (Å²) >= 11 is 18.6. The van der Waals surface area contributed by atoms with Gasteiger partial charge in [-0.2, -0.15) is 0 Å². The Labute approximate surface area is 158 Å². The van der Waals surface area contributed by atoms with E-state index in [4.69, 9.17) is 40.2 Å². The molecule has 128 valence electrons. The van der Waals surface area contributed by atoms with Crippen LogP contribution >= 0.6 is 47.2 Å². The van der Waals surface area contributed by atoms with Gasteiger partial charge in [-0.05, 0) is 37.5 Å². The van der Waals surface area contributed by atoms with E-state index in [-0.39, 0.29) is 20.7 Å². The third-order valence-electron chi connectivity index (χ3n) is 2.88. The second-order valence-corrected chi connectivity index (χ2v) is 6.43. The van der Waals surface area contributed by atoms with Crippen molar-refractivity contribution in [1.82, 2.24) is 20.2 Å². The van der Waals surface area contributed by atoms with Crippen LogP contribution in [0.3, 0.4) is 0 Å². The number of aryl methyl sites for hydroxylation is 1. The molecule has 0 aliphatic carbocycles. The third-order valence-corrected chi connectivity index (χ3v) is 4.27. The zero-order chi connectivity index (χ0) is 17.9. The second-order valence-electron chi connectivity index (χ2n) is 4.44. The van der Waals surface area contributed by atoms with E-state index in [0.717, 1.165) is 0 Å². The quantitative estimate of drug-likeness (QED) is 0.597. The standard InChI is InChI=1S/C13H13Cl2N5O2S2/c1-6-17-18-13(24-3)20(6)19-12(23)16-11(21)7-4-8(14)10(22-2)9(15)5-7/h4-5H,1-3H3,(H2,16,19,21,23). The Morgan fingerprint density at radius 3 is 2.50 bits per heavy atom. The van der Waals surface area contributed by atoms with Crippen LogP contribution in [0.4, 0.5) is 0 Å². The molecule has 0 aliphatic heterocycles. The number of ether oxygens (including phenoxy) is 1. The Morgan fingerprint density at radius 1 is 1.33 bits per heavy atom. The maximum atomic E-state index is 12.3. The molecule has 1 heterocycles. The Morgan fingerprint density at radius 2 is 1.96 bits per heavy atom. The van der Waals surface area contributed by atoms with E-state index in [1.54, 1.807) is 11.6 Å². The fourth-order valence-corrected chi connectivity index (χ4v) is 3.10. The molecule has 0 bridgehead atoms. The lowest BCUT2D eigenvalue weighted by Gasteiger charge is -2.13. The smallest absolute Gasteiger partial charge is 0.257 e. The van der Waals surface area contributed by atoms with Crippen molar-refractivity contribution >= 4 is 58.2 Å². The zero-order valence-electron chi connectivity index (χ0n) is 12.9. The van der Waals surface area contributed by atoms with Gasteiger partial charge in [0.05, 0.1) is 17.2 Å². The average Bonchev–Trinajstić information content (AvgIpc) is 2.87. The van der Waals surface area contributed by atoms with Gasteiger partial charge in [0.1, 0.15) is 5.82 Å². The van der Waals surface area contributed by atoms with Crippen molar-refractivity contribution in [3.63, 3.8) is 0 Å². The fourth-order valence-electron chi connectivity index (χ4n) is 1.79. The van der Waals surface area contributed by atoms with Gasteiger partial charge in [0.2, 0.25) is 5.16 Å². The predicted molar refractivity (Wildman–Crippen MR) is 99.0 cm³/mol. The number of rotatable bonds is 4. The number of thiocarbonyl (C=S) groups is 1. The van der Waals surface area contributed by atoms with E-state index in [0.29, 0.717) is 16.7 Å². The molecule has 2 rings (SSSR count). The first kappa shape index (κ1) is 18.8. The second kappa shape index (κ2) is 8.02. The summed E-state index contributed by atoms with van der Waals surface area (Å²) in [5.74, 6) is 0.446. The number of carbonyl (C=O) groups is 1. The maximum Gasteiger partial charge on any atom is 0.257 e. The summed E-state index contributed by atoms with van der Waals surface area (Å²) in [6, 6.07) is 2.89. The first-order chi connectivity index (χ1) is 11.4. The minimum Gasteiger partial charge on any atom is -0.494 e. The number of nitrogens with one attached hydrogen (secondary N) is 2. The molecule has 0 spiro atoms. The lowest BCUT2D eigenvalue weighted by atomic mass is 10.2. The number of carbonyl (C=O) groups excluding carboxylic acids is 1. The summed E-state index contributed by atoms with van der Waals surface area (Å²) in [5, 5.41) is 11.6. The lowest BCUT2D eigenvalue weighted by molar-refractivity contribution is 0.0977. The first-order valence-electron chi connectivity index (χ1n) is 6.48. The molecule has 7 nitrogen and oxygen atoms in total. The van der Waals surface area contributed by atoms with Crippen LogP contribution in [0.25, 0.3) is 0 Å². The van der Waals surface area contributed by atoms with Crippen molar-refractivity contribution in [2.45, 2.75) is 12.1 Å². The van der Waals surface area contributed by atoms with E-state index in [9.17, 15) is 4.79 Å². The molecule has 0 fully saturated rings. The van der Waals surface area contributed by atoms with Crippen molar-refractivity contribution in [3.8, 4) is 5.75 Å². The molecule has 24 heavy (non-hydrogen) atoms. The van der Waals surface area contributed by atoms with Crippen molar-refractivity contribution in [2.24, 2.45) is 0 Å². The van der Waals surface area contributed by atoms with Gasteiger partial charge in [-0.1, -0.05) is 35.0 Å². The number of aromatic nitrogens is 3. The van der Waals surface area contributed by atoms with Gasteiger partial charge >= 0.3 is 0 Å². The van der Waals surface area contributed by atoms with Gasteiger partial charge in [-0.3, -0.25) is 15.5 Å². The van der Waals surface area contributed by atoms with E-state index >= 15 is 0 Å². The van der Waals surface area contributed by atoms with Gasteiger partial charge in [0.25, 0.3) is 5.91 Å². The number of halogens is 2. The molecule has 0 unspecified atom stereocenters. The van der Waals surface area contributed by atoms with E-state index in [1.807, 2.05) is 6.26 Å². The van der Waals surface area contributed by atoms with Crippen LogP contribution in [0.2, 0.25) is 10.0 Å². The molecule has 1 aromatic carbocycles. The third kappa shape index (κ3) is 4.10. The number of nitrogens with zero attached hydrogens (tertiary/aromatic N) is 3. The Kier molecular flexibility index (Phi) is 6.27. The predicted octanol–water partition coefficient (Wildman–Crippen LogP) is 2.88. The topological polar surface area (TPSA) is 81.1 Å². The Hall–Kier alpha value is -1.55. The SMILES string of the molecule is COc1c(Cl)cc(C(=O)NC(=S)Nn2c(C)nnc2SC)cc1Cl. The summed E-state index contributed by atoms with van der Waals surface area (Å²) in [5.41, 5.74) is 3.09. The molecule has 2 aromatic rings. The maximum absolute atomic E-state index is 12.3. The van der Waals surface area contributed by atoms with E-state index < -0.39 is 5.91 Å². The van der Waals surface area contributed by atoms with Gasteiger partial charge in [-0.15, -0.1) is 10.2 Å². The molecule has 0 saturated heterocycles. The molecular formula is C13H13Cl2N5O2S2. The van der Waals surface area contributed by atoms with Crippen LogP contribution in [0, 0.1) is 6.92 Å². The molecule has 11 heteroatoms. The largest absolute Gasteiger partial charge is 0.494 e. The molecule has 1 amide bonds. The number of benzene rings is 1. The van der Waals surface area contributed by atoms with Crippen molar-refractivity contribution in [3.05, 3.63) is 33.6 Å². The van der Waals surface area contributed by atoms with Crippen LogP contribution in [0.5, 0.6) is 5.75 Å². The Balaban J connectivity index is 2.12. The number of amides is 1. The minimum atomic E-state index is -0.463. The molecule has 0 atom stereocenters. The molecule has 2 N–H and O–H groups in total. The minimum absolute atomic E-state index is 0.0845. The van der Waals surface area contributed by atoms with Crippen LogP contribution in [0.15, 0.2) is 17.3 Å². The van der Waals surface area contributed by atoms with Gasteiger partial charge < -0.3 is 4.74 Å². The summed E-state index contributed by atoms with van der Waals surface area (Å²) in [7, 11) is 1.44. The Bertz CT molecular complexity index is 774. The lowest BCUT2D eigenvalue weighted by Crippen LogP contribution is -2.38. The van der Waals surface area contributed by atoms with E-state index in [2.05, 4.69) is 20.9 Å². The van der Waals surface area contributed by atoms with E-state index in [1.165, 1.54) is 31.0 Å². The number of hydrogen-bond donors (Lipinski definition) is 2. The van der Waals surface area contributed by atoms with Crippen molar-refractivity contribution in [1.29, 1.82) is 0 Å². The van der Waals surface area contributed by atoms with Crippen LogP contribution in [-0.4, -0.2) is 39.3 Å².